The van der Waals surface area contributed by atoms with Gasteiger partial charge in [-0.25, -0.2) is 18.2 Å². The Balaban J connectivity index is 3.07. The lowest BCUT2D eigenvalue weighted by Gasteiger charge is -2.08. The molecule has 0 unspecified atom stereocenters. The van der Waals surface area contributed by atoms with Gasteiger partial charge in [-0.2, -0.15) is 0 Å². The first-order valence-electron chi connectivity index (χ1n) is 4.53. The summed E-state index contributed by atoms with van der Waals surface area (Å²) >= 11 is 5.87. The Morgan fingerprint density at radius 1 is 1.12 bits per heavy atom. The molecule has 1 nitrogen and oxygen atoms in total. The van der Waals surface area contributed by atoms with Gasteiger partial charge in [-0.05, 0) is 19.4 Å². The van der Waals surface area contributed by atoms with Gasteiger partial charge in [0.15, 0.2) is 17.5 Å². The molecule has 1 heterocycles. The highest BCUT2D eigenvalue weighted by Gasteiger charge is 2.18. The second-order valence-corrected chi connectivity index (χ2v) is 3.89. The first kappa shape index (κ1) is 11.2. The van der Waals surface area contributed by atoms with Crippen LogP contribution in [0, 0.1) is 31.3 Å². The topological polar surface area (TPSA) is 12.9 Å². The molecule has 0 atom stereocenters. The van der Waals surface area contributed by atoms with Crippen molar-refractivity contribution in [3.63, 3.8) is 0 Å². The summed E-state index contributed by atoms with van der Waals surface area (Å²) in [6, 6.07) is 0.468. The summed E-state index contributed by atoms with van der Waals surface area (Å²) in [5.74, 6) is -3.35. The summed E-state index contributed by atoms with van der Waals surface area (Å²) < 4.78 is 39.9. The molecule has 0 amide bonds. The quantitative estimate of drug-likeness (QED) is 0.641. The highest BCUT2D eigenvalue weighted by Crippen LogP contribution is 2.32. The minimum absolute atomic E-state index is 0.00148. The van der Waals surface area contributed by atoms with Crippen LogP contribution in [0.3, 0.4) is 0 Å². The molecular formula is C11H7ClF3N. The zero-order chi connectivity index (χ0) is 12.0. The number of benzene rings is 1. The number of aromatic nitrogens is 1. The Morgan fingerprint density at radius 2 is 1.75 bits per heavy atom. The fraction of sp³-hybridized carbons (Fsp3) is 0.182. The number of hydrogen-bond donors (Lipinski definition) is 0. The first-order valence-corrected chi connectivity index (χ1v) is 4.91. The highest BCUT2D eigenvalue weighted by molar-refractivity contribution is 6.36. The van der Waals surface area contributed by atoms with Crippen LogP contribution in [0.25, 0.3) is 10.9 Å². The van der Waals surface area contributed by atoms with E-state index in [1.165, 1.54) is 0 Å². The normalized spacial score (nSPS) is 11.1. The van der Waals surface area contributed by atoms with E-state index in [-0.39, 0.29) is 15.9 Å². The van der Waals surface area contributed by atoms with E-state index in [2.05, 4.69) is 4.98 Å². The molecule has 0 aliphatic carbocycles. The van der Waals surface area contributed by atoms with Crippen molar-refractivity contribution in [3.05, 3.63) is 39.8 Å². The molecule has 2 aromatic rings. The molecule has 5 heteroatoms. The monoisotopic (exact) mass is 245 g/mol. The van der Waals surface area contributed by atoms with Gasteiger partial charge in [0.05, 0.1) is 10.4 Å². The maximum Gasteiger partial charge on any atom is 0.169 e. The van der Waals surface area contributed by atoms with E-state index in [1.807, 2.05) is 0 Å². The van der Waals surface area contributed by atoms with Crippen LogP contribution in [0.4, 0.5) is 13.2 Å². The van der Waals surface area contributed by atoms with E-state index in [0.29, 0.717) is 17.3 Å². The highest BCUT2D eigenvalue weighted by atomic mass is 35.5. The van der Waals surface area contributed by atoms with Crippen LogP contribution in [0.2, 0.25) is 5.02 Å². The van der Waals surface area contributed by atoms with Gasteiger partial charge < -0.3 is 0 Å². The fourth-order valence-electron chi connectivity index (χ4n) is 1.49. The summed E-state index contributed by atoms with van der Waals surface area (Å²) in [5.41, 5.74) is 0.757. The lowest BCUT2D eigenvalue weighted by Crippen LogP contribution is -1.98. The third-order valence-electron chi connectivity index (χ3n) is 2.52. The molecule has 0 bridgehead atoms. The number of fused-ring (bicyclic) bond motifs is 1. The largest absolute Gasteiger partial charge is 0.250 e. The maximum absolute atomic E-state index is 13.5. The number of nitrogens with zero attached hydrogens (tertiary/aromatic N) is 1. The van der Waals surface area contributed by atoms with Crippen LogP contribution in [0.15, 0.2) is 6.07 Å². The molecule has 0 fully saturated rings. The predicted octanol–water partition coefficient (Wildman–Crippen LogP) is 3.92. The van der Waals surface area contributed by atoms with Crippen molar-refractivity contribution in [1.82, 2.24) is 4.98 Å². The molecule has 1 aromatic carbocycles. The van der Waals surface area contributed by atoms with Crippen molar-refractivity contribution in [2.24, 2.45) is 0 Å². The van der Waals surface area contributed by atoms with E-state index in [1.54, 1.807) is 13.8 Å². The molecule has 1 aromatic heterocycles. The Labute approximate surface area is 94.9 Å². The van der Waals surface area contributed by atoms with Crippen molar-refractivity contribution >= 4 is 22.5 Å². The summed E-state index contributed by atoms with van der Waals surface area (Å²) in [6.07, 6.45) is 0. The van der Waals surface area contributed by atoms with Gasteiger partial charge in [0, 0.05) is 11.8 Å². The zero-order valence-electron chi connectivity index (χ0n) is 8.54. The SMILES string of the molecule is Cc1nc2c(F)cc(F)c(F)c2c(Cl)c1C. The molecule has 0 saturated carbocycles. The Hall–Kier alpha value is -1.29. The molecule has 16 heavy (non-hydrogen) atoms. The third-order valence-corrected chi connectivity index (χ3v) is 2.99. The maximum atomic E-state index is 13.5. The van der Waals surface area contributed by atoms with Crippen molar-refractivity contribution in [3.8, 4) is 0 Å². The molecule has 0 spiro atoms. The molecule has 2 rings (SSSR count). The van der Waals surface area contributed by atoms with Gasteiger partial charge in [-0.1, -0.05) is 11.6 Å². The van der Waals surface area contributed by atoms with E-state index >= 15 is 0 Å². The summed E-state index contributed by atoms with van der Waals surface area (Å²) in [4.78, 5) is 3.87. The smallest absolute Gasteiger partial charge is 0.169 e. The summed E-state index contributed by atoms with van der Waals surface area (Å²) in [6.45, 7) is 3.24. The molecular weight excluding hydrogens is 239 g/mol. The number of pyridine rings is 1. The van der Waals surface area contributed by atoms with E-state index in [0.717, 1.165) is 0 Å². The standard InChI is InChI=1S/C11H7ClF3N/c1-4-5(2)16-11-7(14)3-6(13)10(15)8(11)9(4)12/h3H,1-2H3. The van der Waals surface area contributed by atoms with E-state index in [4.69, 9.17) is 11.6 Å². The Kier molecular flexibility index (Phi) is 2.54. The summed E-state index contributed by atoms with van der Waals surface area (Å²) in [5, 5.41) is -0.305. The van der Waals surface area contributed by atoms with Gasteiger partial charge in [-0.15, -0.1) is 0 Å². The molecule has 0 radical (unpaired) electrons. The van der Waals surface area contributed by atoms with Crippen LogP contribution in [-0.2, 0) is 0 Å². The molecule has 0 N–H and O–H groups in total. The Morgan fingerprint density at radius 3 is 2.38 bits per heavy atom. The van der Waals surface area contributed by atoms with Crippen molar-refractivity contribution in [2.75, 3.05) is 0 Å². The Bertz CT molecular complexity index is 596. The van der Waals surface area contributed by atoms with Crippen molar-refractivity contribution in [2.45, 2.75) is 13.8 Å². The second-order valence-electron chi connectivity index (χ2n) is 3.51. The minimum Gasteiger partial charge on any atom is -0.250 e. The predicted molar refractivity (Wildman–Crippen MR) is 56.1 cm³/mol. The van der Waals surface area contributed by atoms with Crippen LogP contribution in [0.1, 0.15) is 11.3 Å². The number of rotatable bonds is 0. The van der Waals surface area contributed by atoms with Crippen LogP contribution >= 0.6 is 11.6 Å². The average Bonchev–Trinajstić information content (AvgIpc) is 2.22. The average molecular weight is 246 g/mol. The number of halogens is 4. The minimum atomic E-state index is -1.27. The van der Waals surface area contributed by atoms with Crippen LogP contribution in [0.5, 0.6) is 0 Å². The van der Waals surface area contributed by atoms with Gasteiger partial charge >= 0.3 is 0 Å². The third kappa shape index (κ3) is 1.45. The number of hydrogen-bond acceptors (Lipinski definition) is 1. The van der Waals surface area contributed by atoms with Gasteiger partial charge in [0.1, 0.15) is 5.52 Å². The zero-order valence-corrected chi connectivity index (χ0v) is 9.29. The molecule has 84 valence electrons. The summed E-state index contributed by atoms with van der Waals surface area (Å²) in [7, 11) is 0. The van der Waals surface area contributed by atoms with Crippen molar-refractivity contribution < 1.29 is 13.2 Å². The second kappa shape index (κ2) is 3.63. The van der Waals surface area contributed by atoms with E-state index in [9.17, 15) is 13.2 Å². The molecule has 0 aliphatic rings. The number of aryl methyl sites for hydroxylation is 1. The van der Waals surface area contributed by atoms with Gasteiger partial charge in [0.2, 0.25) is 0 Å². The first-order chi connectivity index (χ1) is 7.43. The lowest BCUT2D eigenvalue weighted by molar-refractivity contribution is 0.505. The fourth-order valence-corrected chi connectivity index (χ4v) is 1.80. The van der Waals surface area contributed by atoms with Crippen LogP contribution in [-0.4, -0.2) is 4.98 Å². The molecule has 0 saturated heterocycles. The van der Waals surface area contributed by atoms with Crippen molar-refractivity contribution in [1.29, 1.82) is 0 Å². The lowest BCUT2D eigenvalue weighted by atomic mass is 10.1. The molecule has 0 aliphatic heterocycles. The van der Waals surface area contributed by atoms with Gasteiger partial charge in [0.25, 0.3) is 0 Å². The van der Waals surface area contributed by atoms with Crippen LogP contribution < -0.4 is 0 Å². The van der Waals surface area contributed by atoms with Gasteiger partial charge in [-0.3, -0.25) is 0 Å². The van der Waals surface area contributed by atoms with E-state index < -0.39 is 17.5 Å².